The van der Waals surface area contributed by atoms with Crippen molar-refractivity contribution in [2.75, 3.05) is 5.32 Å². The van der Waals surface area contributed by atoms with Crippen LogP contribution in [-0.2, 0) is 22.6 Å². The smallest absolute Gasteiger partial charge is 0.408 e. The number of amides is 2. The van der Waals surface area contributed by atoms with Gasteiger partial charge in [0.15, 0.2) is 5.89 Å². The summed E-state index contributed by atoms with van der Waals surface area (Å²) in [5.74, 6) is -0.203. The lowest BCUT2D eigenvalue weighted by molar-refractivity contribution is -0.118. The van der Waals surface area contributed by atoms with Crippen LogP contribution in [0.1, 0.15) is 17.0 Å². The first-order chi connectivity index (χ1) is 16.5. The van der Waals surface area contributed by atoms with Crippen LogP contribution < -0.4 is 16.3 Å². The van der Waals surface area contributed by atoms with Crippen LogP contribution in [0.15, 0.2) is 88.1 Å². The molecular weight excluding hydrogens is 434 g/mol. The summed E-state index contributed by atoms with van der Waals surface area (Å²) in [6, 6.07) is 22.4. The highest BCUT2D eigenvalue weighted by Gasteiger charge is 2.22. The second kappa shape index (κ2) is 10.4. The van der Waals surface area contributed by atoms with Crippen molar-refractivity contribution < 1.29 is 18.7 Å². The van der Waals surface area contributed by atoms with Crippen molar-refractivity contribution in [2.45, 2.75) is 26.0 Å². The maximum Gasteiger partial charge on any atom is 0.408 e. The Hall–Kier alpha value is -4.46. The van der Waals surface area contributed by atoms with E-state index in [1.807, 2.05) is 60.7 Å². The van der Waals surface area contributed by atoms with Gasteiger partial charge in [0.1, 0.15) is 12.6 Å². The summed E-state index contributed by atoms with van der Waals surface area (Å²) in [5.41, 5.74) is 2.06. The molecule has 4 aromatic rings. The number of anilines is 1. The lowest BCUT2D eigenvalue weighted by atomic mass is 10.1. The van der Waals surface area contributed by atoms with Crippen LogP contribution in [0, 0.1) is 6.92 Å². The fourth-order valence-corrected chi connectivity index (χ4v) is 3.45. The van der Waals surface area contributed by atoms with Crippen LogP contribution in [-0.4, -0.2) is 23.0 Å². The molecular formula is C26H23N3O5. The second-order valence-corrected chi connectivity index (χ2v) is 7.69. The first-order valence-corrected chi connectivity index (χ1v) is 10.7. The Balaban J connectivity index is 1.49. The molecule has 0 bridgehead atoms. The number of nitrogens with one attached hydrogen (secondary N) is 2. The predicted octanol–water partition coefficient (Wildman–Crippen LogP) is 3.97. The molecule has 3 aromatic carbocycles. The number of hydrogen-bond donors (Lipinski definition) is 2. The molecule has 0 saturated carbocycles. The maximum atomic E-state index is 13.1. The minimum absolute atomic E-state index is 0.0879. The predicted molar refractivity (Wildman–Crippen MR) is 127 cm³/mol. The molecule has 1 aromatic heterocycles. The SMILES string of the molecule is Cc1nc2cc(NC(=O)[C@H](Cc3ccccc3)NC(=O)OCc3ccccc3)ccc2c(=O)o1. The van der Waals surface area contributed by atoms with E-state index in [2.05, 4.69) is 15.6 Å². The molecule has 0 radical (unpaired) electrons. The molecule has 0 aliphatic rings. The van der Waals surface area contributed by atoms with Crippen LogP contribution >= 0.6 is 0 Å². The Labute approximate surface area is 195 Å². The zero-order chi connectivity index (χ0) is 23.9. The van der Waals surface area contributed by atoms with Crippen LogP contribution in [0.25, 0.3) is 10.9 Å². The first-order valence-electron chi connectivity index (χ1n) is 10.7. The number of rotatable bonds is 7. The zero-order valence-electron chi connectivity index (χ0n) is 18.5. The number of alkyl carbamates (subject to hydrolysis) is 1. The van der Waals surface area contributed by atoms with E-state index in [-0.39, 0.29) is 18.9 Å². The van der Waals surface area contributed by atoms with Crippen molar-refractivity contribution in [3.05, 3.63) is 106 Å². The quantitative estimate of drug-likeness (QED) is 0.434. The first kappa shape index (κ1) is 22.7. The molecule has 0 aliphatic carbocycles. The Bertz CT molecular complexity index is 1350. The number of carbonyl (C=O) groups is 2. The van der Waals surface area contributed by atoms with E-state index >= 15 is 0 Å². The van der Waals surface area contributed by atoms with E-state index in [0.717, 1.165) is 11.1 Å². The largest absolute Gasteiger partial charge is 0.445 e. The molecule has 1 atom stereocenters. The summed E-state index contributed by atoms with van der Waals surface area (Å²) >= 11 is 0. The average Bonchev–Trinajstić information content (AvgIpc) is 2.83. The summed E-state index contributed by atoms with van der Waals surface area (Å²) in [4.78, 5) is 41.8. The molecule has 8 heteroatoms. The molecule has 172 valence electrons. The molecule has 0 saturated heterocycles. The van der Waals surface area contributed by atoms with Gasteiger partial charge >= 0.3 is 11.7 Å². The zero-order valence-corrected chi connectivity index (χ0v) is 18.5. The number of ether oxygens (including phenoxy) is 1. The minimum Gasteiger partial charge on any atom is -0.445 e. The van der Waals surface area contributed by atoms with Crippen molar-refractivity contribution in [3.63, 3.8) is 0 Å². The molecule has 34 heavy (non-hydrogen) atoms. The van der Waals surface area contributed by atoms with Gasteiger partial charge in [0.2, 0.25) is 5.91 Å². The van der Waals surface area contributed by atoms with E-state index in [0.29, 0.717) is 16.6 Å². The second-order valence-electron chi connectivity index (χ2n) is 7.69. The number of fused-ring (bicyclic) bond motifs is 1. The molecule has 0 spiro atoms. The lowest BCUT2D eigenvalue weighted by Crippen LogP contribution is -2.45. The molecule has 0 aliphatic heterocycles. The van der Waals surface area contributed by atoms with Gasteiger partial charge in [-0.15, -0.1) is 0 Å². The summed E-state index contributed by atoms with van der Waals surface area (Å²) < 4.78 is 10.3. The van der Waals surface area contributed by atoms with Gasteiger partial charge in [-0.1, -0.05) is 60.7 Å². The number of carbonyl (C=O) groups excluding carboxylic acids is 2. The molecule has 0 unspecified atom stereocenters. The highest BCUT2D eigenvalue weighted by Crippen LogP contribution is 2.16. The Morgan fingerprint density at radius 1 is 0.971 bits per heavy atom. The van der Waals surface area contributed by atoms with Gasteiger partial charge in [-0.3, -0.25) is 4.79 Å². The number of nitrogens with zero attached hydrogens (tertiary/aromatic N) is 1. The third-order valence-electron chi connectivity index (χ3n) is 5.11. The van der Waals surface area contributed by atoms with Crippen molar-refractivity contribution in [3.8, 4) is 0 Å². The van der Waals surface area contributed by atoms with Crippen molar-refractivity contribution >= 4 is 28.6 Å². The third-order valence-corrected chi connectivity index (χ3v) is 5.11. The van der Waals surface area contributed by atoms with E-state index in [1.165, 1.54) is 6.07 Å². The van der Waals surface area contributed by atoms with E-state index in [4.69, 9.17) is 9.15 Å². The van der Waals surface area contributed by atoms with Gasteiger partial charge in [0.25, 0.3) is 0 Å². The Morgan fingerprint density at radius 2 is 1.65 bits per heavy atom. The number of hydrogen-bond acceptors (Lipinski definition) is 6. The van der Waals surface area contributed by atoms with Gasteiger partial charge in [-0.05, 0) is 29.3 Å². The third kappa shape index (κ3) is 5.86. The molecule has 4 rings (SSSR count). The Morgan fingerprint density at radius 3 is 2.35 bits per heavy atom. The van der Waals surface area contributed by atoms with Crippen LogP contribution in [0.4, 0.5) is 10.5 Å². The molecule has 1 heterocycles. The molecule has 2 amide bonds. The molecule has 2 N–H and O–H groups in total. The van der Waals surface area contributed by atoms with E-state index in [9.17, 15) is 14.4 Å². The highest BCUT2D eigenvalue weighted by atomic mass is 16.5. The maximum absolute atomic E-state index is 13.1. The molecule has 0 fully saturated rings. The summed E-state index contributed by atoms with van der Waals surface area (Å²) in [6.07, 6.45) is -0.435. The number of aromatic nitrogens is 1. The van der Waals surface area contributed by atoms with E-state index in [1.54, 1.807) is 19.1 Å². The van der Waals surface area contributed by atoms with Crippen molar-refractivity contribution in [1.29, 1.82) is 0 Å². The monoisotopic (exact) mass is 457 g/mol. The van der Waals surface area contributed by atoms with Gasteiger partial charge in [0.05, 0.1) is 10.9 Å². The van der Waals surface area contributed by atoms with Crippen LogP contribution in [0.5, 0.6) is 0 Å². The molecule has 8 nitrogen and oxygen atoms in total. The number of benzene rings is 3. The Kier molecular flexibility index (Phi) is 6.98. The standard InChI is InChI=1S/C26H23N3O5/c1-17-27-22-15-20(12-13-21(22)25(31)34-17)28-24(30)23(14-18-8-4-2-5-9-18)29-26(32)33-16-19-10-6-3-7-11-19/h2-13,15,23H,14,16H2,1H3,(H,28,30)(H,29,32)/t23-/m0/s1. The minimum atomic E-state index is -0.892. The lowest BCUT2D eigenvalue weighted by Gasteiger charge is -2.19. The van der Waals surface area contributed by atoms with Crippen LogP contribution in [0.2, 0.25) is 0 Å². The summed E-state index contributed by atoms with van der Waals surface area (Å²) in [7, 11) is 0. The van der Waals surface area contributed by atoms with Gasteiger partial charge in [0, 0.05) is 19.0 Å². The number of aryl methyl sites for hydroxylation is 1. The summed E-state index contributed by atoms with van der Waals surface area (Å²) in [6.45, 7) is 1.66. The summed E-state index contributed by atoms with van der Waals surface area (Å²) in [5, 5.41) is 5.76. The van der Waals surface area contributed by atoms with Crippen molar-refractivity contribution in [1.82, 2.24) is 10.3 Å². The van der Waals surface area contributed by atoms with E-state index < -0.39 is 23.7 Å². The van der Waals surface area contributed by atoms with Gasteiger partial charge in [-0.2, -0.15) is 0 Å². The van der Waals surface area contributed by atoms with Gasteiger partial charge in [-0.25, -0.2) is 14.6 Å². The fraction of sp³-hybridized carbons (Fsp3) is 0.154. The van der Waals surface area contributed by atoms with Crippen LogP contribution in [0.3, 0.4) is 0 Å². The fourth-order valence-electron chi connectivity index (χ4n) is 3.45. The topological polar surface area (TPSA) is 111 Å². The van der Waals surface area contributed by atoms with Gasteiger partial charge < -0.3 is 19.8 Å². The normalized spacial score (nSPS) is 11.6. The average molecular weight is 457 g/mol. The van der Waals surface area contributed by atoms with Crippen molar-refractivity contribution in [2.24, 2.45) is 0 Å². The highest BCUT2D eigenvalue weighted by molar-refractivity contribution is 5.98.